The van der Waals surface area contributed by atoms with Crippen LogP contribution < -0.4 is 5.56 Å². The van der Waals surface area contributed by atoms with E-state index in [0.717, 1.165) is 6.07 Å². The van der Waals surface area contributed by atoms with E-state index in [1.807, 2.05) is 4.98 Å². The van der Waals surface area contributed by atoms with E-state index in [2.05, 4.69) is 4.74 Å². The second-order valence-electron chi connectivity index (χ2n) is 3.20. The summed E-state index contributed by atoms with van der Waals surface area (Å²) in [6, 6.07) is 0.887. The molecule has 0 unspecified atom stereocenters. The second kappa shape index (κ2) is 5.42. The minimum absolute atomic E-state index is 0.129. The fourth-order valence-corrected chi connectivity index (χ4v) is 1.29. The minimum atomic E-state index is -3.02. The Morgan fingerprint density at radius 3 is 2.76 bits per heavy atom. The van der Waals surface area contributed by atoms with Gasteiger partial charge in [0.15, 0.2) is 0 Å². The predicted molar refractivity (Wildman–Crippen MR) is 54.0 cm³/mol. The number of rotatable bonds is 4. The van der Waals surface area contributed by atoms with Crippen LogP contribution in [0.25, 0.3) is 0 Å². The summed E-state index contributed by atoms with van der Waals surface area (Å²) in [5, 5.41) is 9.44. The van der Waals surface area contributed by atoms with Gasteiger partial charge < -0.3 is 14.8 Å². The first-order valence-electron chi connectivity index (χ1n) is 4.84. The highest BCUT2D eigenvalue weighted by molar-refractivity contribution is 5.73. The average Bonchev–Trinajstić information content (AvgIpc) is 2.22. The lowest BCUT2D eigenvalue weighted by Crippen LogP contribution is -2.14. The number of pyridine rings is 1. The molecule has 0 spiro atoms. The predicted octanol–water partition coefficient (Wildman–Crippen LogP) is 1.12. The van der Waals surface area contributed by atoms with Crippen LogP contribution >= 0.6 is 0 Å². The standard InChI is InChI=1S/C10H11F2NO4/c1-2-17-7(15)4-5-3-6(14)13-8(9(5)16)10(11)12/h3,10,16H,2,4H2,1H3,(H,13,14). The molecule has 1 rings (SSSR count). The minimum Gasteiger partial charge on any atom is -0.506 e. The maximum atomic E-state index is 12.4. The molecule has 1 heterocycles. The molecule has 0 bridgehead atoms. The SMILES string of the molecule is CCOC(=O)Cc1cc(=O)[nH]c(C(F)F)c1O. The van der Waals surface area contributed by atoms with Crippen molar-refractivity contribution in [3.63, 3.8) is 0 Å². The summed E-state index contributed by atoms with van der Waals surface area (Å²) in [6.45, 7) is 1.71. The third-order valence-corrected chi connectivity index (χ3v) is 1.98. The first kappa shape index (κ1) is 13.1. The van der Waals surface area contributed by atoms with E-state index >= 15 is 0 Å². The van der Waals surface area contributed by atoms with E-state index in [1.165, 1.54) is 0 Å². The van der Waals surface area contributed by atoms with Crippen molar-refractivity contribution in [1.29, 1.82) is 0 Å². The molecule has 0 saturated heterocycles. The van der Waals surface area contributed by atoms with Crippen LogP contribution in [-0.2, 0) is 16.0 Å². The lowest BCUT2D eigenvalue weighted by atomic mass is 10.1. The number of esters is 1. The van der Waals surface area contributed by atoms with Crippen molar-refractivity contribution in [3.8, 4) is 5.75 Å². The first-order valence-corrected chi connectivity index (χ1v) is 4.84. The van der Waals surface area contributed by atoms with Crippen LogP contribution in [0.1, 0.15) is 24.6 Å². The number of ether oxygens (including phenoxy) is 1. The number of alkyl halides is 2. The average molecular weight is 247 g/mol. The van der Waals surface area contributed by atoms with Crippen LogP contribution in [0.5, 0.6) is 5.75 Å². The van der Waals surface area contributed by atoms with Gasteiger partial charge in [-0.3, -0.25) is 9.59 Å². The Labute approximate surface area is 95.0 Å². The molecule has 0 aliphatic carbocycles. The lowest BCUT2D eigenvalue weighted by Gasteiger charge is -2.08. The van der Waals surface area contributed by atoms with Gasteiger partial charge in [-0.25, -0.2) is 8.78 Å². The van der Waals surface area contributed by atoms with Gasteiger partial charge in [0.2, 0.25) is 5.56 Å². The largest absolute Gasteiger partial charge is 0.506 e. The van der Waals surface area contributed by atoms with E-state index in [0.29, 0.717) is 0 Å². The van der Waals surface area contributed by atoms with E-state index in [1.54, 1.807) is 6.92 Å². The lowest BCUT2D eigenvalue weighted by molar-refractivity contribution is -0.142. The molecule has 17 heavy (non-hydrogen) atoms. The summed E-state index contributed by atoms with van der Waals surface area (Å²) in [7, 11) is 0. The van der Waals surface area contributed by atoms with Crippen LogP contribution in [0.3, 0.4) is 0 Å². The first-order chi connectivity index (χ1) is 7.95. The zero-order valence-electron chi connectivity index (χ0n) is 9.00. The van der Waals surface area contributed by atoms with E-state index in [-0.39, 0.29) is 12.2 Å². The van der Waals surface area contributed by atoms with Gasteiger partial charge in [-0.15, -0.1) is 0 Å². The van der Waals surface area contributed by atoms with Crippen molar-refractivity contribution < 1.29 is 23.4 Å². The molecule has 5 nitrogen and oxygen atoms in total. The fraction of sp³-hybridized carbons (Fsp3) is 0.400. The molecule has 0 atom stereocenters. The number of carbonyl (C=O) groups excluding carboxylic acids is 1. The highest BCUT2D eigenvalue weighted by Gasteiger charge is 2.19. The number of aromatic hydroxyl groups is 1. The van der Waals surface area contributed by atoms with E-state index in [4.69, 9.17) is 0 Å². The molecule has 0 amide bonds. The Morgan fingerprint density at radius 2 is 2.24 bits per heavy atom. The monoisotopic (exact) mass is 247 g/mol. The molecule has 2 N–H and O–H groups in total. The highest BCUT2D eigenvalue weighted by Crippen LogP contribution is 2.28. The fourth-order valence-electron chi connectivity index (χ4n) is 1.29. The highest BCUT2D eigenvalue weighted by atomic mass is 19.3. The summed E-state index contributed by atoms with van der Waals surface area (Å²) >= 11 is 0. The zero-order valence-corrected chi connectivity index (χ0v) is 9.00. The van der Waals surface area contributed by atoms with Crippen LogP contribution in [-0.4, -0.2) is 22.7 Å². The van der Waals surface area contributed by atoms with Gasteiger partial charge in [0.25, 0.3) is 6.43 Å². The van der Waals surface area contributed by atoms with Crippen LogP contribution in [0, 0.1) is 0 Å². The zero-order chi connectivity index (χ0) is 13.0. The summed E-state index contributed by atoms with van der Waals surface area (Å²) in [5.41, 5.74) is -1.88. The Balaban J connectivity index is 3.08. The number of nitrogens with one attached hydrogen (secondary N) is 1. The molecule has 0 aliphatic rings. The summed E-state index contributed by atoms with van der Waals surface area (Å²) in [6.07, 6.45) is -3.45. The topological polar surface area (TPSA) is 79.4 Å². The Morgan fingerprint density at radius 1 is 1.59 bits per heavy atom. The molecule has 0 aromatic carbocycles. The molecule has 0 aliphatic heterocycles. The summed E-state index contributed by atoms with van der Waals surface area (Å²) < 4.78 is 29.4. The molecular weight excluding hydrogens is 236 g/mol. The molecule has 0 radical (unpaired) electrons. The van der Waals surface area contributed by atoms with Crippen molar-refractivity contribution in [2.24, 2.45) is 0 Å². The number of carbonyl (C=O) groups is 1. The molecule has 7 heteroatoms. The number of aromatic amines is 1. The maximum absolute atomic E-state index is 12.4. The number of H-pyrrole nitrogens is 1. The quantitative estimate of drug-likeness (QED) is 0.781. The van der Waals surface area contributed by atoms with Crippen molar-refractivity contribution in [2.45, 2.75) is 19.8 Å². The maximum Gasteiger partial charge on any atom is 0.310 e. The summed E-state index contributed by atoms with van der Waals surface area (Å²) in [5.74, 6) is -1.48. The molecular formula is C10H11F2NO4. The third-order valence-electron chi connectivity index (χ3n) is 1.98. The Kier molecular flexibility index (Phi) is 4.19. The van der Waals surface area contributed by atoms with Gasteiger partial charge in [0, 0.05) is 11.6 Å². The molecule has 1 aromatic heterocycles. The normalized spacial score (nSPS) is 10.6. The Hall–Kier alpha value is -1.92. The van der Waals surface area contributed by atoms with Gasteiger partial charge in [0.1, 0.15) is 11.4 Å². The second-order valence-corrected chi connectivity index (χ2v) is 3.20. The number of hydrogen-bond acceptors (Lipinski definition) is 4. The smallest absolute Gasteiger partial charge is 0.310 e. The Bertz CT molecular complexity index is 470. The van der Waals surface area contributed by atoms with Gasteiger partial charge in [-0.1, -0.05) is 0 Å². The van der Waals surface area contributed by atoms with Crippen LogP contribution in [0.2, 0.25) is 0 Å². The molecule has 94 valence electrons. The van der Waals surface area contributed by atoms with Gasteiger partial charge in [0.05, 0.1) is 13.0 Å². The van der Waals surface area contributed by atoms with Crippen molar-refractivity contribution in [3.05, 3.63) is 27.7 Å². The molecule has 0 fully saturated rings. The third kappa shape index (κ3) is 3.27. The van der Waals surface area contributed by atoms with E-state index in [9.17, 15) is 23.5 Å². The van der Waals surface area contributed by atoms with Crippen LogP contribution in [0.15, 0.2) is 10.9 Å². The van der Waals surface area contributed by atoms with Gasteiger partial charge in [-0.2, -0.15) is 0 Å². The van der Waals surface area contributed by atoms with Crippen molar-refractivity contribution >= 4 is 5.97 Å². The van der Waals surface area contributed by atoms with Gasteiger partial charge >= 0.3 is 5.97 Å². The number of aromatic nitrogens is 1. The van der Waals surface area contributed by atoms with E-state index < -0.39 is 35.8 Å². The summed E-state index contributed by atoms with van der Waals surface area (Å²) in [4.78, 5) is 24.0. The van der Waals surface area contributed by atoms with Crippen LogP contribution in [0.4, 0.5) is 8.78 Å². The number of halogens is 2. The molecule has 0 saturated carbocycles. The van der Waals surface area contributed by atoms with Crippen molar-refractivity contribution in [2.75, 3.05) is 6.61 Å². The number of hydrogen-bond donors (Lipinski definition) is 2. The van der Waals surface area contributed by atoms with Crippen molar-refractivity contribution in [1.82, 2.24) is 4.98 Å². The molecule has 1 aromatic rings. The van der Waals surface area contributed by atoms with Gasteiger partial charge in [-0.05, 0) is 6.92 Å².